The lowest BCUT2D eigenvalue weighted by atomic mass is 10.4. The van der Waals surface area contributed by atoms with Gasteiger partial charge < -0.3 is 9.84 Å². The van der Waals surface area contributed by atoms with Crippen LogP contribution in [0.15, 0.2) is 24.0 Å². The molecular weight excluding hydrogens is 252 g/mol. The molecule has 0 radical (unpaired) electrons. The van der Waals surface area contributed by atoms with Gasteiger partial charge in [-0.05, 0) is 0 Å². The average molecular weight is 257 g/mol. The van der Waals surface area contributed by atoms with Crippen molar-refractivity contribution in [1.82, 2.24) is 9.97 Å². The second-order valence-corrected chi connectivity index (χ2v) is 4.05. The monoisotopic (exact) mass is 256 g/mol. The number of hydrogen-bond donors (Lipinski definition) is 1. The minimum Gasteiger partial charge on any atom is -0.477 e. The molecule has 0 bridgehead atoms. The Balaban J connectivity index is 2.21. The molecule has 2 rings (SSSR count). The number of rotatable bonds is 3. The third-order valence-corrected chi connectivity index (χ3v) is 2.79. The maximum absolute atomic E-state index is 10.6. The summed E-state index contributed by atoms with van der Waals surface area (Å²) in [7, 11) is 0. The van der Waals surface area contributed by atoms with Crippen LogP contribution in [0.5, 0.6) is 11.6 Å². The van der Waals surface area contributed by atoms with Crippen molar-refractivity contribution in [1.29, 1.82) is 0 Å². The summed E-state index contributed by atoms with van der Waals surface area (Å²) in [6.07, 6.45) is 2.69. The van der Waals surface area contributed by atoms with Crippen LogP contribution < -0.4 is 4.74 Å². The zero-order chi connectivity index (χ0) is 11.5. The normalized spacial score (nSPS) is 10.1. The molecule has 16 heavy (non-hydrogen) atoms. The van der Waals surface area contributed by atoms with E-state index >= 15 is 0 Å². The van der Waals surface area contributed by atoms with Gasteiger partial charge in [-0.3, -0.25) is 0 Å². The summed E-state index contributed by atoms with van der Waals surface area (Å²) < 4.78 is 5.30. The lowest BCUT2D eigenvalue weighted by molar-refractivity contribution is 0.0702. The van der Waals surface area contributed by atoms with Gasteiger partial charge >= 0.3 is 5.97 Å². The van der Waals surface area contributed by atoms with Crippen LogP contribution in [0.2, 0.25) is 5.02 Å². The maximum Gasteiger partial charge on any atom is 0.346 e. The van der Waals surface area contributed by atoms with E-state index in [1.807, 2.05) is 0 Å². The van der Waals surface area contributed by atoms with Crippen molar-refractivity contribution in [3.8, 4) is 11.6 Å². The van der Waals surface area contributed by atoms with Crippen LogP contribution in [0.3, 0.4) is 0 Å². The van der Waals surface area contributed by atoms with Crippen molar-refractivity contribution in [2.24, 2.45) is 0 Å². The number of carbonyl (C=O) groups is 1. The van der Waals surface area contributed by atoms with Gasteiger partial charge in [0.05, 0.1) is 6.20 Å². The van der Waals surface area contributed by atoms with Gasteiger partial charge in [-0.2, -0.15) is 0 Å². The lowest BCUT2D eigenvalue weighted by Crippen LogP contribution is -1.91. The molecule has 82 valence electrons. The molecule has 7 heteroatoms. The molecule has 0 unspecified atom stereocenters. The predicted molar refractivity (Wildman–Crippen MR) is 58.4 cm³/mol. The minimum atomic E-state index is -0.992. The number of halogens is 1. The Labute approximate surface area is 99.3 Å². The molecular formula is C9H5ClN2O3S. The first-order chi connectivity index (χ1) is 7.66. The molecule has 2 heterocycles. The molecule has 0 aromatic carbocycles. The zero-order valence-corrected chi connectivity index (χ0v) is 9.33. The fourth-order valence-electron chi connectivity index (χ4n) is 0.973. The van der Waals surface area contributed by atoms with Crippen molar-refractivity contribution in [3.63, 3.8) is 0 Å². The van der Waals surface area contributed by atoms with Gasteiger partial charge in [0.25, 0.3) is 0 Å². The summed E-state index contributed by atoms with van der Waals surface area (Å²) in [5, 5.41) is 10.6. The van der Waals surface area contributed by atoms with Gasteiger partial charge in [0.1, 0.15) is 22.0 Å². The van der Waals surface area contributed by atoms with Crippen LogP contribution in [-0.4, -0.2) is 21.0 Å². The van der Waals surface area contributed by atoms with Crippen molar-refractivity contribution in [2.45, 2.75) is 0 Å². The van der Waals surface area contributed by atoms with Crippen molar-refractivity contribution in [3.05, 3.63) is 33.9 Å². The van der Waals surface area contributed by atoms with E-state index in [1.54, 1.807) is 5.38 Å². The van der Waals surface area contributed by atoms with Gasteiger partial charge in [0, 0.05) is 11.4 Å². The second kappa shape index (κ2) is 4.46. The number of hydrogen-bond acceptors (Lipinski definition) is 5. The highest BCUT2D eigenvalue weighted by Crippen LogP contribution is 2.29. The van der Waals surface area contributed by atoms with E-state index in [-0.39, 0.29) is 15.8 Å². The van der Waals surface area contributed by atoms with Crippen LogP contribution in [-0.2, 0) is 0 Å². The van der Waals surface area contributed by atoms with E-state index in [0.29, 0.717) is 5.75 Å². The molecule has 0 fully saturated rings. The highest BCUT2D eigenvalue weighted by Gasteiger charge is 2.10. The van der Waals surface area contributed by atoms with Crippen molar-refractivity contribution >= 4 is 28.9 Å². The summed E-state index contributed by atoms with van der Waals surface area (Å²) in [5.41, 5.74) is 0. The fourth-order valence-corrected chi connectivity index (χ4v) is 1.76. The zero-order valence-electron chi connectivity index (χ0n) is 7.75. The third kappa shape index (κ3) is 2.29. The summed E-state index contributed by atoms with van der Waals surface area (Å²) in [5.74, 6) is -0.400. The van der Waals surface area contributed by atoms with Gasteiger partial charge in [0.15, 0.2) is 0 Å². The summed E-state index contributed by atoms with van der Waals surface area (Å²) >= 11 is 6.85. The number of aromatic nitrogens is 2. The van der Waals surface area contributed by atoms with E-state index in [0.717, 1.165) is 11.3 Å². The highest BCUT2D eigenvalue weighted by molar-refractivity contribution is 7.12. The van der Waals surface area contributed by atoms with E-state index in [9.17, 15) is 4.79 Å². The number of aromatic carboxylic acids is 1. The lowest BCUT2D eigenvalue weighted by Gasteiger charge is -2.01. The predicted octanol–water partition coefficient (Wildman–Crippen LogP) is 2.68. The molecule has 0 amide bonds. The number of nitrogens with zero attached hydrogens (tertiary/aromatic N) is 2. The second-order valence-electron chi connectivity index (χ2n) is 2.73. The quantitative estimate of drug-likeness (QED) is 0.914. The van der Waals surface area contributed by atoms with Gasteiger partial charge in [-0.1, -0.05) is 11.6 Å². The smallest absolute Gasteiger partial charge is 0.346 e. The molecule has 0 aliphatic heterocycles. The highest BCUT2D eigenvalue weighted by atomic mass is 35.5. The molecule has 0 saturated carbocycles. The fraction of sp³-hybridized carbons (Fsp3) is 0. The van der Waals surface area contributed by atoms with E-state index < -0.39 is 5.97 Å². The standard InChI is InChI=1S/C9H5ClN2O3S/c10-6-2-11-4-12-8(6)15-5-1-7(9(13)14)16-3-5/h1-4H,(H,13,14). The van der Waals surface area contributed by atoms with E-state index in [4.69, 9.17) is 21.4 Å². The van der Waals surface area contributed by atoms with Gasteiger partial charge in [-0.15, -0.1) is 11.3 Å². The first kappa shape index (κ1) is 10.8. The summed E-state index contributed by atoms with van der Waals surface area (Å²) in [6, 6.07) is 1.41. The van der Waals surface area contributed by atoms with Crippen molar-refractivity contribution in [2.75, 3.05) is 0 Å². The number of thiophene rings is 1. The Morgan fingerprint density at radius 1 is 1.56 bits per heavy atom. The van der Waals surface area contributed by atoms with Crippen LogP contribution in [0.4, 0.5) is 0 Å². The molecule has 0 aliphatic rings. The number of carboxylic acids is 1. The Morgan fingerprint density at radius 2 is 2.38 bits per heavy atom. The van der Waals surface area contributed by atoms with Crippen molar-refractivity contribution < 1.29 is 14.6 Å². The van der Waals surface area contributed by atoms with E-state index in [2.05, 4.69) is 9.97 Å². The number of ether oxygens (including phenoxy) is 1. The SMILES string of the molecule is O=C(O)c1cc(Oc2ncncc2Cl)cs1. The molecule has 1 N–H and O–H groups in total. The van der Waals surface area contributed by atoms with Crippen LogP contribution in [0.25, 0.3) is 0 Å². The minimum absolute atomic E-state index is 0.195. The molecule has 0 aliphatic carbocycles. The molecule has 0 atom stereocenters. The Bertz CT molecular complexity index is 529. The molecule has 5 nitrogen and oxygen atoms in total. The van der Waals surface area contributed by atoms with Crippen LogP contribution in [0, 0.1) is 0 Å². The topological polar surface area (TPSA) is 72.3 Å². The van der Waals surface area contributed by atoms with Crippen LogP contribution in [0.1, 0.15) is 9.67 Å². The first-order valence-electron chi connectivity index (χ1n) is 4.12. The van der Waals surface area contributed by atoms with Gasteiger partial charge in [-0.25, -0.2) is 14.8 Å². The Kier molecular flexibility index (Phi) is 3.02. The third-order valence-electron chi connectivity index (χ3n) is 1.63. The van der Waals surface area contributed by atoms with E-state index in [1.165, 1.54) is 18.6 Å². The summed E-state index contributed by atoms with van der Waals surface area (Å²) in [6.45, 7) is 0. The van der Waals surface area contributed by atoms with Gasteiger partial charge in [0.2, 0.25) is 5.88 Å². The first-order valence-corrected chi connectivity index (χ1v) is 5.38. The summed E-state index contributed by atoms with van der Waals surface area (Å²) in [4.78, 5) is 18.4. The Hall–Kier alpha value is -1.66. The molecule has 0 saturated heterocycles. The molecule has 2 aromatic rings. The maximum atomic E-state index is 10.6. The molecule has 2 aromatic heterocycles. The van der Waals surface area contributed by atoms with Crippen LogP contribution >= 0.6 is 22.9 Å². The Morgan fingerprint density at radius 3 is 3.00 bits per heavy atom. The number of carboxylic acid groups (broad SMARTS) is 1. The molecule has 0 spiro atoms. The average Bonchev–Trinajstić information content (AvgIpc) is 2.70. The largest absolute Gasteiger partial charge is 0.477 e.